The number of ether oxygens (including phenoxy) is 2. The van der Waals surface area contributed by atoms with Gasteiger partial charge in [0.1, 0.15) is 11.5 Å². The van der Waals surface area contributed by atoms with Crippen molar-refractivity contribution in [2.75, 3.05) is 13.2 Å². The highest BCUT2D eigenvalue weighted by Crippen LogP contribution is 2.40. The van der Waals surface area contributed by atoms with Crippen LogP contribution in [-0.4, -0.2) is 13.2 Å². The average Bonchev–Trinajstić information content (AvgIpc) is 2.70. The van der Waals surface area contributed by atoms with Crippen molar-refractivity contribution in [3.8, 4) is 11.5 Å². The molecular weight excluding hydrogens is 320 g/mol. The highest BCUT2D eigenvalue weighted by molar-refractivity contribution is 6.19. The van der Waals surface area contributed by atoms with Crippen molar-refractivity contribution >= 4 is 32.3 Å². The van der Waals surface area contributed by atoms with Crippen LogP contribution in [0.3, 0.4) is 0 Å². The van der Waals surface area contributed by atoms with Gasteiger partial charge in [0.15, 0.2) is 0 Å². The number of fused-ring (bicyclic) bond motifs is 5. The SMILES string of the molecule is CCCOc1ccc(OCCC)c2c1ccc1c3ccccc3ccc12. The zero-order chi connectivity index (χ0) is 17.9. The van der Waals surface area contributed by atoms with Gasteiger partial charge in [-0.25, -0.2) is 0 Å². The fraction of sp³-hybridized carbons (Fsp3) is 0.250. The molecular formula is C24H24O2. The standard InChI is InChI=1S/C24H24O2/c1-3-15-25-22-13-14-23(26-16-4-2)24-20-10-9-17-7-5-6-8-18(17)19(20)11-12-21(22)24/h5-14H,3-4,15-16H2,1-2H3. The van der Waals surface area contributed by atoms with Crippen LogP contribution in [0.15, 0.2) is 60.7 Å². The Morgan fingerprint density at radius 3 is 2.04 bits per heavy atom. The Balaban J connectivity index is 2.04. The third-order valence-electron chi connectivity index (χ3n) is 4.75. The first-order chi connectivity index (χ1) is 12.8. The summed E-state index contributed by atoms with van der Waals surface area (Å²) in [7, 11) is 0. The van der Waals surface area contributed by atoms with E-state index in [4.69, 9.17) is 9.47 Å². The lowest BCUT2D eigenvalue weighted by atomic mass is 9.96. The van der Waals surface area contributed by atoms with Gasteiger partial charge in [-0.05, 0) is 52.6 Å². The molecule has 0 spiro atoms. The summed E-state index contributed by atoms with van der Waals surface area (Å²) in [5.74, 6) is 1.87. The zero-order valence-corrected chi connectivity index (χ0v) is 15.4. The van der Waals surface area contributed by atoms with Crippen molar-refractivity contribution < 1.29 is 9.47 Å². The van der Waals surface area contributed by atoms with Gasteiger partial charge in [-0.1, -0.05) is 56.3 Å². The molecule has 2 nitrogen and oxygen atoms in total. The fourth-order valence-electron chi connectivity index (χ4n) is 3.55. The molecule has 132 valence electrons. The van der Waals surface area contributed by atoms with Gasteiger partial charge in [0.05, 0.1) is 13.2 Å². The zero-order valence-electron chi connectivity index (χ0n) is 15.4. The molecule has 0 heterocycles. The molecule has 0 atom stereocenters. The third-order valence-corrected chi connectivity index (χ3v) is 4.75. The van der Waals surface area contributed by atoms with Crippen molar-refractivity contribution in [2.24, 2.45) is 0 Å². The second-order valence-corrected chi connectivity index (χ2v) is 6.63. The molecule has 4 aromatic rings. The first-order valence-corrected chi connectivity index (χ1v) is 9.46. The first kappa shape index (κ1) is 16.7. The maximum Gasteiger partial charge on any atom is 0.128 e. The highest BCUT2D eigenvalue weighted by atomic mass is 16.5. The average molecular weight is 344 g/mol. The molecule has 4 rings (SSSR count). The quantitative estimate of drug-likeness (QED) is 0.361. The summed E-state index contributed by atoms with van der Waals surface area (Å²) in [6.07, 6.45) is 1.98. The maximum atomic E-state index is 6.09. The van der Waals surface area contributed by atoms with Crippen LogP contribution in [0.4, 0.5) is 0 Å². The Kier molecular flexibility index (Phi) is 4.66. The predicted octanol–water partition coefficient (Wildman–Crippen LogP) is 6.72. The summed E-state index contributed by atoms with van der Waals surface area (Å²) < 4.78 is 12.1. The van der Waals surface area contributed by atoms with Crippen LogP contribution in [0.25, 0.3) is 32.3 Å². The van der Waals surface area contributed by atoms with Gasteiger partial charge >= 0.3 is 0 Å². The summed E-state index contributed by atoms with van der Waals surface area (Å²) in [6.45, 7) is 5.70. The third kappa shape index (κ3) is 2.86. The van der Waals surface area contributed by atoms with E-state index in [9.17, 15) is 0 Å². The summed E-state index contributed by atoms with van der Waals surface area (Å²) in [6, 6.07) is 21.4. The lowest BCUT2D eigenvalue weighted by molar-refractivity contribution is 0.314. The molecule has 0 aromatic heterocycles. The van der Waals surface area contributed by atoms with Gasteiger partial charge in [0.2, 0.25) is 0 Å². The van der Waals surface area contributed by atoms with Gasteiger partial charge in [0, 0.05) is 10.8 Å². The molecule has 0 aliphatic rings. The van der Waals surface area contributed by atoms with E-state index in [1.165, 1.54) is 21.5 Å². The molecule has 0 saturated carbocycles. The second kappa shape index (κ2) is 7.25. The predicted molar refractivity (Wildman–Crippen MR) is 111 cm³/mol. The van der Waals surface area contributed by atoms with Crippen molar-refractivity contribution in [3.63, 3.8) is 0 Å². The molecule has 0 saturated heterocycles. The molecule has 0 amide bonds. The van der Waals surface area contributed by atoms with Crippen LogP contribution >= 0.6 is 0 Å². The molecule has 26 heavy (non-hydrogen) atoms. The maximum absolute atomic E-state index is 6.09. The Bertz CT molecular complexity index is 1070. The Morgan fingerprint density at radius 1 is 0.577 bits per heavy atom. The smallest absolute Gasteiger partial charge is 0.128 e. The van der Waals surface area contributed by atoms with Gasteiger partial charge in [0.25, 0.3) is 0 Å². The molecule has 0 unspecified atom stereocenters. The summed E-state index contributed by atoms with van der Waals surface area (Å²) in [5, 5.41) is 7.27. The monoisotopic (exact) mass is 344 g/mol. The van der Waals surface area contributed by atoms with E-state index in [1.807, 2.05) is 6.07 Å². The van der Waals surface area contributed by atoms with E-state index in [2.05, 4.69) is 68.4 Å². The fourth-order valence-corrected chi connectivity index (χ4v) is 3.55. The number of benzene rings is 4. The van der Waals surface area contributed by atoms with E-state index >= 15 is 0 Å². The lowest BCUT2D eigenvalue weighted by Crippen LogP contribution is -1.99. The van der Waals surface area contributed by atoms with Crippen LogP contribution in [0, 0.1) is 0 Å². The van der Waals surface area contributed by atoms with Crippen LogP contribution in [0.5, 0.6) is 11.5 Å². The van der Waals surface area contributed by atoms with Crippen molar-refractivity contribution in [2.45, 2.75) is 26.7 Å². The molecule has 2 heteroatoms. The number of hydrogen-bond acceptors (Lipinski definition) is 2. The number of rotatable bonds is 6. The molecule has 0 bridgehead atoms. The van der Waals surface area contributed by atoms with E-state index in [0.717, 1.165) is 41.7 Å². The summed E-state index contributed by atoms with van der Waals surface area (Å²) in [4.78, 5) is 0. The topological polar surface area (TPSA) is 18.5 Å². The minimum atomic E-state index is 0.717. The molecule has 0 aliphatic carbocycles. The van der Waals surface area contributed by atoms with Gasteiger partial charge < -0.3 is 9.47 Å². The minimum absolute atomic E-state index is 0.717. The van der Waals surface area contributed by atoms with E-state index in [1.54, 1.807) is 0 Å². The molecule has 4 aromatic carbocycles. The molecule has 0 radical (unpaired) electrons. The largest absolute Gasteiger partial charge is 0.493 e. The minimum Gasteiger partial charge on any atom is -0.493 e. The van der Waals surface area contributed by atoms with Crippen molar-refractivity contribution in [1.29, 1.82) is 0 Å². The van der Waals surface area contributed by atoms with Gasteiger partial charge in [-0.3, -0.25) is 0 Å². The Morgan fingerprint density at radius 2 is 1.23 bits per heavy atom. The van der Waals surface area contributed by atoms with Gasteiger partial charge in [-0.15, -0.1) is 0 Å². The lowest BCUT2D eigenvalue weighted by Gasteiger charge is -2.16. The molecule has 0 aliphatic heterocycles. The summed E-state index contributed by atoms with van der Waals surface area (Å²) in [5.41, 5.74) is 0. The highest BCUT2D eigenvalue weighted by Gasteiger charge is 2.13. The normalized spacial score (nSPS) is 11.3. The molecule has 0 N–H and O–H groups in total. The summed E-state index contributed by atoms with van der Waals surface area (Å²) >= 11 is 0. The van der Waals surface area contributed by atoms with Crippen molar-refractivity contribution in [1.82, 2.24) is 0 Å². The van der Waals surface area contributed by atoms with Crippen LogP contribution in [0.2, 0.25) is 0 Å². The van der Waals surface area contributed by atoms with Crippen LogP contribution in [0.1, 0.15) is 26.7 Å². The second-order valence-electron chi connectivity index (χ2n) is 6.63. The van der Waals surface area contributed by atoms with E-state index in [-0.39, 0.29) is 0 Å². The van der Waals surface area contributed by atoms with E-state index < -0.39 is 0 Å². The van der Waals surface area contributed by atoms with E-state index in [0.29, 0.717) is 6.61 Å². The van der Waals surface area contributed by atoms with Crippen LogP contribution < -0.4 is 9.47 Å². The Labute approximate surface area is 154 Å². The Hall–Kier alpha value is -2.74. The van der Waals surface area contributed by atoms with Crippen molar-refractivity contribution in [3.05, 3.63) is 60.7 Å². The number of hydrogen-bond donors (Lipinski definition) is 0. The van der Waals surface area contributed by atoms with Gasteiger partial charge in [-0.2, -0.15) is 0 Å². The first-order valence-electron chi connectivity index (χ1n) is 9.46. The molecule has 0 fully saturated rings. The van der Waals surface area contributed by atoms with Crippen LogP contribution in [-0.2, 0) is 0 Å².